The lowest BCUT2D eigenvalue weighted by atomic mass is 10.0. The van der Waals surface area contributed by atoms with Crippen LogP contribution in [0.2, 0.25) is 0 Å². The fourth-order valence-electron chi connectivity index (χ4n) is 3.19. The third-order valence-electron chi connectivity index (χ3n) is 4.59. The molecule has 0 aliphatic carbocycles. The highest BCUT2D eigenvalue weighted by Gasteiger charge is 2.54. The van der Waals surface area contributed by atoms with E-state index in [9.17, 15) is 19.2 Å². The molecule has 0 spiro atoms. The van der Waals surface area contributed by atoms with E-state index in [4.69, 9.17) is 20.0 Å². The number of carbonyl (C=O) groups is 4. The Bertz CT molecular complexity index is 1080. The second-order valence-electron chi connectivity index (χ2n) is 6.95. The monoisotopic (exact) mass is 509 g/mol. The van der Waals surface area contributed by atoms with E-state index in [1.165, 1.54) is 36.6 Å². The highest BCUT2D eigenvalue weighted by molar-refractivity contribution is 8.00. The largest absolute Gasteiger partial charge is 0.426 e. The van der Waals surface area contributed by atoms with Crippen molar-refractivity contribution >= 4 is 57.7 Å². The number of allylic oxidation sites excluding steroid dienone is 1. The van der Waals surface area contributed by atoms with E-state index in [0.29, 0.717) is 11.3 Å². The molecule has 2 amide bonds. The first kappa shape index (κ1) is 25.2. The summed E-state index contributed by atoms with van der Waals surface area (Å²) in [5.41, 5.74) is 6.22. The van der Waals surface area contributed by atoms with Gasteiger partial charge in [0.05, 0.1) is 0 Å². The number of ether oxygens (including phenoxy) is 2. The van der Waals surface area contributed by atoms with Crippen LogP contribution in [-0.4, -0.2) is 69.4 Å². The second-order valence-corrected chi connectivity index (χ2v) is 8.94. The number of oxime groups is 1. The first-order valence-corrected chi connectivity index (χ1v) is 12.0. The van der Waals surface area contributed by atoms with Crippen molar-refractivity contribution in [2.24, 2.45) is 5.16 Å². The second kappa shape index (κ2) is 10.7. The number of fused-ring (bicyclic) bond motifs is 1. The van der Waals surface area contributed by atoms with Crippen LogP contribution < -0.4 is 11.1 Å². The van der Waals surface area contributed by atoms with Crippen molar-refractivity contribution in [3.8, 4) is 0 Å². The molecule has 3 heterocycles. The van der Waals surface area contributed by atoms with Crippen LogP contribution >= 0.6 is 23.1 Å². The molecule has 182 valence electrons. The van der Waals surface area contributed by atoms with Gasteiger partial charge in [0.1, 0.15) is 29.4 Å². The molecule has 3 rings (SSSR count). The van der Waals surface area contributed by atoms with Crippen molar-refractivity contribution in [2.75, 3.05) is 18.1 Å². The number of rotatable bonds is 9. The van der Waals surface area contributed by atoms with Gasteiger partial charge >= 0.3 is 11.9 Å². The highest BCUT2D eigenvalue weighted by atomic mass is 32.2. The molecular weight excluding hydrogens is 486 g/mol. The maximum absolute atomic E-state index is 13.0. The lowest BCUT2D eigenvalue weighted by Crippen LogP contribution is -2.71. The highest BCUT2D eigenvalue weighted by Crippen LogP contribution is 2.41. The van der Waals surface area contributed by atoms with Crippen molar-refractivity contribution in [3.63, 3.8) is 0 Å². The van der Waals surface area contributed by atoms with E-state index in [0.717, 1.165) is 11.3 Å². The van der Waals surface area contributed by atoms with E-state index < -0.39 is 41.5 Å². The first-order valence-electron chi connectivity index (χ1n) is 10.1. The minimum absolute atomic E-state index is 0.0104. The molecule has 1 aromatic heterocycles. The Hall–Kier alpha value is -3.39. The summed E-state index contributed by atoms with van der Waals surface area (Å²) in [6.45, 7) is 8.18. The number of β-lactam (4-membered cyclic amide) rings is 1. The van der Waals surface area contributed by atoms with E-state index in [-0.39, 0.29) is 28.8 Å². The van der Waals surface area contributed by atoms with Gasteiger partial charge in [0.2, 0.25) is 6.29 Å². The predicted molar refractivity (Wildman–Crippen MR) is 124 cm³/mol. The Morgan fingerprint density at radius 1 is 1.44 bits per heavy atom. The molecule has 3 N–H and O–H groups in total. The van der Waals surface area contributed by atoms with Crippen molar-refractivity contribution in [2.45, 2.75) is 38.5 Å². The minimum Gasteiger partial charge on any atom is -0.426 e. The standard InChI is InChI=1S/C20H23N5O7S2/c1-5-11-7-33-18-14(17(28)25(18)15(11)19(29)32-10(4)31-9(3)26)23-16(27)13(24-30-6-2)12-8-34-20(21)22-12/h5,8,10,14,18H,1,6-7H2,2-4H3,(H2,21,22)(H,23,27)/t10?,14?,18-/m1/s1. The number of aromatic nitrogens is 1. The van der Waals surface area contributed by atoms with Crippen LogP contribution in [0.25, 0.3) is 0 Å². The molecule has 0 saturated carbocycles. The zero-order valence-electron chi connectivity index (χ0n) is 18.6. The number of thioether (sulfide) groups is 1. The first-order chi connectivity index (χ1) is 16.2. The van der Waals surface area contributed by atoms with Gasteiger partial charge in [-0.2, -0.15) is 0 Å². The SMILES string of the molecule is C=CC1=C(C(=O)OC(C)OC(C)=O)N2C(=O)C(NC(=O)C(=NOCC)c3csc(N)n3)[C@H]2SC1. The average Bonchev–Trinajstić information content (AvgIpc) is 3.21. The summed E-state index contributed by atoms with van der Waals surface area (Å²) in [4.78, 5) is 60.1. The molecule has 0 aromatic carbocycles. The topological polar surface area (TPSA) is 163 Å². The van der Waals surface area contributed by atoms with Crippen LogP contribution in [0.3, 0.4) is 0 Å². The lowest BCUT2D eigenvalue weighted by molar-refractivity contribution is -0.182. The number of anilines is 1. The quantitative estimate of drug-likeness (QED) is 0.160. The van der Waals surface area contributed by atoms with Gasteiger partial charge in [0, 0.05) is 25.0 Å². The van der Waals surface area contributed by atoms with Crippen LogP contribution in [-0.2, 0) is 33.5 Å². The molecule has 12 nitrogen and oxygen atoms in total. The molecule has 2 aliphatic rings. The van der Waals surface area contributed by atoms with Crippen molar-refractivity contribution < 1.29 is 33.5 Å². The third-order valence-corrected chi connectivity index (χ3v) is 6.57. The molecule has 0 bridgehead atoms. The number of hydrogen-bond acceptors (Lipinski definition) is 12. The smallest absolute Gasteiger partial charge is 0.358 e. The number of nitrogen functional groups attached to an aromatic ring is 1. The van der Waals surface area contributed by atoms with Crippen molar-refractivity contribution in [1.29, 1.82) is 0 Å². The van der Waals surface area contributed by atoms with Gasteiger partial charge in [-0.05, 0) is 12.5 Å². The van der Waals surface area contributed by atoms with Gasteiger partial charge in [-0.25, -0.2) is 9.78 Å². The normalized spacial score (nSPS) is 20.6. The Morgan fingerprint density at radius 3 is 2.76 bits per heavy atom. The van der Waals surface area contributed by atoms with Crippen LogP contribution in [0.5, 0.6) is 0 Å². The number of esters is 2. The molecule has 2 aliphatic heterocycles. The number of nitrogens with two attached hydrogens (primary N) is 1. The van der Waals surface area contributed by atoms with Crippen LogP contribution in [0.1, 0.15) is 26.5 Å². The summed E-state index contributed by atoms with van der Waals surface area (Å²) in [7, 11) is 0. The summed E-state index contributed by atoms with van der Waals surface area (Å²) >= 11 is 2.47. The Kier molecular flexibility index (Phi) is 7.94. The van der Waals surface area contributed by atoms with Crippen molar-refractivity contribution in [3.05, 3.63) is 35.0 Å². The number of carbonyl (C=O) groups excluding carboxylic acids is 4. The van der Waals surface area contributed by atoms with Gasteiger partial charge in [-0.1, -0.05) is 17.8 Å². The predicted octanol–water partition coefficient (Wildman–Crippen LogP) is 0.758. The number of amides is 2. The summed E-state index contributed by atoms with van der Waals surface area (Å²) < 4.78 is 9.99. The number of hydrogen-bond donors (Lipinski definition) is 2. The maximum atomic E-state index is 13.0. The van der Waals surface area contributed by atoms with E-state index in [1.807, 2.05) is 0 Å². The molecular formula is C20H23N5O7S2. The molecule has 34 heavy (non-hydrogen) atoms. The minimum atomic E-state index is -1.15. The molecule has 1 aromatic rings. The van der Waals surface area contributed by atoms with E-state index in [1.54, 1.807) is 12.3 Å². The zero-order valence-corrected chi connectivity index (χ0v) is 20.2. The fraction of sp³-hybridized carbons (Fsp3) is 0.400. The van der Waals surface area contributed by atoms with Crippen LogP contribution in [0.15, 0.2) is 34.5 Å². The number of thiazole rings is 1. The van der Waals surface area contributed by atoms with Crippen LogP contribution in [0.4, 0.5) is 5.13 Å². The molecule has 0 radical (unpaired) electrons. The van der Waals surface area contributed by atoms with Crippen molar-refractivity contribution in [1.82, 2.24) is 15.2 Å². The number of nitrogens with one attached hydrogen (secondary N) is 1. The number of nitrogens with zero attached hydrogens (tertiary/aromatic N) is 3. The molecule has 1 saturated heterocycles. The fourth-order valence-corrected chi connectivity index (χ4v) is 5.08. The molecule has 1 fully saturated rings. The van der Waals surface area contributed by atoms with E-state index in [2.05, 4.69) is 22.0 Å². The van der Waals surface area contributed by atoms with Gasteiger partial charge in [-0.15, -0.1) is 23.1 Å². The van der Waals surface area contributed by atoms with Gasteiger partial charge in [0.25, 0.3) is 11.8 Å². The maximum Gasteiger partial charge on any atom is 0.358 e. The average molecular weight is 510 g/mol. The Balaban J connectivity index is 1.77. The third kappa shape index (κ3) is 5.22. The Labute approximate surface area is 203 Å². The van der Waals surface area contributed by atoms with Crippen LogP contribution in [0, 0.1) is 0 Å². The van der Waals surface area contributed by atoms with Gasteiger partial charge < -0.3 is 25.4 Å². The molecule has 14 heteroatoms. The zero-order chi connectivity index (χ0) is 25.0. The summed E-state index contributed by atoms with van der Waals surface area (Å²) in [6, 6.07) is -0.930. The lowest BCUT2D eigenvalue weighted by Gasteiger charge is -2.49. The van der Waals surface area contributed by atoms with Gasteiger partial charge in [0.15, 0.2) is 10.8 Å². The van der Waals surface area contributed by atoms with E-state index >= 15 is 0 Å². The summed E-state index contributed by atoms with van der Waals surface area (Å²) in [5, 5.41) is 7.67. The summed E-state index contributed by atoms with van der Waals surface area (Å²) in [6.07, 6.45) is 0.306. The molecule has 3 atom stereocenters. The molecule has 2 unspecified atom stereocenters. The Morgan fingerprint density at radius 2 is 2.18 bits per heavy atom. The summed E-state index contributed by atoms with van der Waals surface area (Å²) in [5.74, 6) is -2.32. The van der Waals surface area contributed by atoms with Gasteiger partial charge in [-0.3, -0.25) is 19.3 Å².